The second-order valence-electron chi connectivity index (χ2n) is 8.75. The van der Waals surface area contributed by atoms with Gasteiger partial charge in [-0.3, -0.25) is 0 Å². The lowest BCUT2D eigenvalue weighted by Crippen LogP contribution is -1.99. The maximum Gasteiger partial charge on any atom is 0.354 e. The fourth-order valence-electron chi connectivity index (χ4n) is 3.25. The van der Waals surface area contributed by atoms with Crippen molar-refractivity contribution in [2.75, 3.05) is 0 Å². The number of carboxylic acid groups (broad SMARTS) is 1. The molecule has 0 unspecified atom stereocenters. The molecule has 0 bridgehead atoms. The van der Waals surface area contributed by atoms with Crippen LogP contribution in [0.15, 0.2) is 146 Å². The van der Waals surface area contributed by atoms with Crippen LogP contribution in [0.25, 0.3) is 9.69 Å². The molecule has 3 aromatic carbocycles. The smallest absolute Gasteiger partial charge is 0.354 e. The highest BCUT2D eigenvalue weighted by molar-refractivity contribution is 5.85. The highest BCUT2D eigenvalue weighted by atomic mass is 19.1. The molecule has 0 radical (unpaired) electrons. The minimum atomic E-state index is -1.07. The van der Waals surface area contributed by atoms with Gasteiger partial charge in [-0.2, -0.15) is 0 Å². The SMILES string of the molecule is O=C(O)c1cc(Oc2ccccc2)ccn1.Oc1ccccc1.[C-]#[N+]c1cc(F)ccn1.[C-]#[N+]c1cc(Oc2ccccc2)ccn1. The summed E-state index contributed by atoms with van der Waals surface area (Å²) in [6.07, 6.45) is 4.23. The lowest BCUT2D eigenvalue weighted by molar-refractivity contribution is 0.0690. The third-order valence-electron chi connectivity index (χ3n) is 5.32. The zero-order valence-electron chi connectivity index (χ0n) is 24.6. The van der Waals surface area contributed by atoms with Crippen LogP contribution in [0.4, 0.5) is 16.0 Å². The zero-order chi connectivity index (χ0) is 33.7. The van der Waals surface area contributed by atoms with Gasteiger partial charge in [-0.1, -0.05) is 67.7 Å². The van der Waals surface area contributed by atoms with Crippen molar-refractivity contribution >= 4 is 17.6 Å². The molecular weight excluding hydrogens is 601 g/mol. The summed E-state index contributed by atoms with van der Waals surface area (Å²) < 4.78 is 23.2. The maximum absolute atomic E-state index is 12.2. The van der Waals surface area contributed by atoms with Crippen LogP contribution in [0.1, 0.15) is 10.5 Å². The fourth-order valence-corrected chi connectivity index (χ4v) is 3.25. The number of phenols is 1. The number of carboxylic acids is 1. The van der Waals surface area contributed by atoms with Gasteiger partial charge >= 0.3 is 5.97 Å². The minimum absolute atomic E-state index is 0.0339. The lowest BCUT2D eigenvalue weighted by Gasteiger charge is -2.05. The molecule has 0 saturated carbocycles. The highest BCUT2D eigenvalue weighted by Crippen LogP contribution is 2.23. The van der Waals surface area contributed by atoms with E-state index in [9.17, 15) is 9.18 Å². The Morgan fingerprint density at radius 2 is 1.04 bits per heavy atom. The van der Waals surface area contributed by atoms with Gasteiger partial charge in [0.1, 0.15) is 47.0 Å². The van der Waals surface area contributed by atoms with Crippen molar-refractivity contribution in [2.45, 2.75) is 0 Å². The normalized spacial score (nSPS) is 9.17. The van der Waals surface area contributed by atoms with Gasteiger partial charge < -0.3 is 29.4 Å². The van der Waals surface area contributed by atoms with E-state index >= 15 is 0 Å². The zero-order valence-corrected chi connectivity index (χ0v) is 24.6. The second-order valence-corrected chi connectivity index (χ2v) is 8.75. The van der Waals surface area contributed by atoms with Crippen LogP contribution in [0, 0.1) is 19.0 Å². The summed E-state index contributed by atoms with van der Waals surface area (Å²) in [7, 11) is 0. The number of aromatic carboxylic acids is 1. The van der Waals surface area contributed by atoms with E-state index in [4.69, 9.17) is 32.8 Å². The number of nitrogens with zero attached hydrogens (tertiary/aromatic N) is 5. The summed E-state index contributed by atoms with van der Waals surface area (Å²) >= 11 is 0. The van der Waals surface area contributed by atoms with E-state index in [0.717, 1.165) is 11.8 Å². The number of aromatic hydroxyl groups is 1. The van der Waals surface area contributed by atoms with E-state index < -0.39 is 11.8 Å². The number of carbonyl (C=O) groups is 1. The summed E-state index contributed by atoms with van der Waals surface area (Å²) in [5.41, 5.74) is -0.0339. The molecule has 0 aliphatic rings. The Morgan fingerprint density at radius 1 is 0.596 bits per heavy atom. The Labute approximate surface area is 270 Å². The summed E-state index contributed by atoms with van der Waals surface area (Å²) in [6.45, 7) is 13.3. The summed E-state index contributed by atoms with van der Waals surface area (Å²) in [5, 5.41) is 17.4. The van der Waals surface area contributed by atoms with Gasteiger partial charge in [-0.05, 0) is 48.5 Å². The molecule has 0 aliphatic carbocycles. The molecule has 6 aromatic rings. The number of halogens is 1. The van der Waals surface area contributed by atoms with Gasteiger partial charge in [0.2, 0.25) is 0 Å². The van der Waals surface area contributed by atoms with Crippen LogP contribution < -0.4 is 9.47 Å². The molecule has 3 heterocycles. The molecule has 0 saturated heterocycles. The number of pyridine rings is 3. The molecule has 0 atom stereocenters. The monoisotopic (exact) mass is 627 g/mol. The van der Waals surface area contributed by atoms with Crippen molar-refractivity contribution in [1.29, 1.82) is 0 Å². The highest BCUT2D eigenvalue weighted by Gasteiger charge is 2.06. The molecule has 11 heteroatoms. The molecule has 10 nitrogen and oxygen atoms in total. The van der Waals surface area contributed by atoms with Crippen LogP contribution in [-0.4, -0.2) is 31.1 Å². The maximum atomic E-state index is 12.2. The minimum Gasteiger partial charge on any atom is -0.508 e. The first-order valence-electron chi connectivity index (χ1n) is 13.6. The Balaban J connectivity index is 0.000000179. The number of rotatable bonds is 5. The molecule has 0 fully saturated rings. The third kappa shape index (κ3) is 13.4. The van der Waals surface area contributed by atoms with Gasteiger partial charge in [0.25, 0.3) is 11.6 Å². The third-order valence-corrected chi connectivity index (χ3v) is 5.32. The average Bonchev–Trinajstić information content (AvgIpc) is 3.10. The number of ether oxygens (including phenoxy) is 2. The molecule has 0 spiro atoms. The largest absolute Gasteiger partial charge is 0.508 e. The molecular formula is C36H26FN5O5. The molecule has 232 valence electrons. The van der Waals surface area contributed by atoms with Crippen molar-refractivity contribution < 1.29 is 28.9 Å². The van der Waals surface area contributed by atoms with Crippen molar-refractivity contribution in [3.8, 4) is 28.7 Å². The Morgan fingerprint density at radius 3 is 1.47 bits per heavy atom. The first-order chi connectivity index (χ1) is 22.9. The van der Waals surface area contributed by atoms with Gasteiger partial charge in [-0.25, -0.2) is 14.2 Å². The predicted molar refractivity (Wildman–Crippen MR) is 173 cm³/mol. The molecule has 0 aliphatic heterocycles. The molecule has 0 amide bonds. The summed E-state index contributed by atoms with van der Waals surface area (Å²) in [4.78, 5) is 28.0. The van der Waals surface area contributed by atoms with Crippen molar-refractivity contribution in [3.63, 3.8) is 0 Å². The first kappa shape index (κ1) is 34.4. The van der Waals surface area contributed by atoms with Gasteiger partial charge in [-0.15, -0.1) is 9.97 Å². The number of hydrogen-bond donors (Lipinski definition) is 2. The van der Waals surface area contributed by atoms with Crippen molar-refractivity contribution in [3.05, 3.63) is 180 Å². The van der Waals surface area contributed by atoms with E-state index in [1.165, 1.54) is 24.5 Å². The predicted octanol–water partition coefficient (Wildman–Crippen LogP) is 9.16. The van der Waals surface area contributed by atoms with Crippen LogP contribution in [-0.2, 0) is 0 Å². The number of para-hydroxylation sites is 3. The van der Waals surface area contributed by atoms with Gasteiger partial charge in [0, 0.05) is 30.5 Å². The molecule has 2 N–H and O–H groups in total. The standard InChI is InChI=1S/C12H8N2O.C12H9NO3.C6H3FN2.C6H6O/c1-13-12-9-11(7-8-14-12)15-10-5-3-2-4-6-10;14-12(15)11-8-10(6-7-13-11)16-9-4-2-1-3-5-9;1-8-6-4-5(7)2-3-9-6;7-6-4-2-1-3-5-6/h2-9H;1-8H,(H,14,15);2-4H;1-5,7H. The molecule has 6 rings (SSSR count). The number of hydrogen-bond acceptors (Lipinski definition) is 7. The van der Waals surface area contributed by atoms with Crippen LogP contribution in [0.2, 0.25) is 0 Å². The van der Waals surface area contributed by atoms with Crippen LogP contribution in [0.5, 0.6) is 28.7 Å². The number of benzene rings is 3. The lowest BCUT2D eigenvalue weighted by atomic mass is 10.3. The van der Waals surface area contributed by atoms with E-state index in [0.29, 0.717) is 28.8 Å². The number of aromatic nitrogens is 3. The molecule has 47 heavy (non-hydrogen) atoms. The first-order valence-corrected chi connectivity index (χ1v) is 13.6. The fraction of sp³-hybridized carbons (Fsp3) is 0. The quantitative estimate of drug-likeness (QED) is 0.181. The topological polar surface area (TPSA) is 123 Å². The second kappa shape index (κ2) is 19.2. The van der Waals surface area contributed by atoms with E-state index in [1.807, 2.05) is 54.6 Å². The van der Waals surface area contributed by atoms with Crippen molar-refractivity contribution in [1.82, 2.24) is 15.0 Å². The van der Waals surface area contributed by atoms with Gasteiger partial charge in [0.05, 0.1) is 0 Å². The Bertz CT molecular complexity index is 1920. The van der Waals surface area contributed by atoms with Crippen LogP contribution >= 0.6 is 0 Å². The van der Waals surface area contributed by atoms with Crippen molar-refractivity contribution in [2.24, 2.45) is 0 Å². The van der Waals surface area contributed by atoms with E-state index in [1.54, 1.807) is 60.8 Å². The Hall–Kier alpha value is -7.11. The van der Waals surface area contributed by atoms with E-state index in [-0.39, 0.29) is 11.5 Å². The number of phenolic OH excluding ortho intramolecular Hbond substituents is 1. The van der Waals surface area contributed by atoms with Gasteiger partial charge in [0.15, 0.2) is 5.69 Å². The van der Waals surface area contributed by atoms with E-state index in [2.05, 4.69) is 24.6 Å². The Kier molecular flexibility index (Phi) is 14.1. The molecule has 3 aromatic heterocycles. The van der Waals surface area contributed by atoms with Crippen LogP contribution in [0.3, 0.4) is 0 Å². The average molecular weight is 628 g/mol. The summed E-state index contributed by atoms with van der Waals surface area (Å²) in [5.74, 6) is 1.75. The summed E-state index contributed by atoms with van der Waals surface area (Å²) in [6, 6.07) is 35.9.